The molecule has 0 unspecified atom stereocenters. The van der Waals surface area contributed by atoms with Gasteiger partial charge < -0.3 is 9.47 Å². The SMILES string of the molecule is Cc1cc(F)ccc1[C@H](C)[C@@H](C)OC(=O)[C@@H](CC(=O)OC(C)(C)C)C(C)C. The average Bonchev–Trinajstić information content (AvgIpc) is 2.49. The van der Waals surface area contributed by atoms with Crippen molar-refractivity contribution in [1.82, 2.24) is 0 Å². The fraction of sp³-hybridized carbons (Fsp3) is 0.636. The third-order valence-corrected chi connectivity index (χ3v) is 4.64. The fourth-order valence-electron chi connectivity index (χ4n) is 2.93. The number of hydrogen-bond acceptors (Lipinski definition) is 4. The average molecular weight is 381 g/mol. The molecule has 0 aliphatic heterocycles. The molecule has 0 N–H and O–H groups in total. The molecule has 1 aromatic carbocycles. The summed E-state index contributed by atoms with van der Waals surface area (Å²) in [4.78, 5) is 24.8. The number of carbonyl (C=O) groups excluding carboxylic acids is 2. The maximum Gasteiger partial charge on any atom is 0.310 e. The number of carbonyl (C=O) groups is 2. The van der Waals surface area contributed by atoms with Gasteiger partial charge in [-0.1, -0.05) is 26.8 Å². The van der Waals surface area contributed by atoms with E-state index in [4.69, 9.17) is 9.47 Å². The molecule has 1 rings (SSSR count). The Kier molecular flexibility index (Phi) is 8.00. The molecule has 0 heterocycles. The highest BCUT2D eigenvalue weighted by atomic mass is 19.1. The normalized spacial score (nSPS) is 15.2. The number of aryl methyl sites for hydroxylation is 1. The highest BCUT2D eigenvalue weighted by Crippen LogP contribution is 2.27. The van der Waals surface area contributed by atoms with Crippen molar-refractivity contribution in [2.75, 3.05) is 0 Å². The Balaban J connectivity index is 2.81. The van der Waals surface area contributed by atoms with Gasteiger partial charge in [0.05, 0.1) is 12.3 Å². The van der Waals surface area contributed by atoms with E-state index in [9.17, 15) is 14.0 Å². The predicted octanol–water partition coefficient (Wildman–Crippen LogP) is 5.17. The molecular weight excluding hydrogens is 347 g/mol. The van der Waals surface area contributed by atoms with E-state index < -0.39 is 29.6 Å². The Bertz CT molecular complexity index is 661. The molecule has 0 saturated carbocycles. The summed E-state index contributed by atoms with van der Waals surface area (Å²) < 4.78 is 24.3. The third-order valence-electron chi connectivity index (χ3n) is 4.64. The molecule has 27 heavy (non-hydrogen) atoms. The van der Waals surface area contributed by atoms with Gasteiger partial charge in [-0.3, -0.25) is 9.59 Å². The van der Waals surface area contributed by atoms with E-state index in [0.717, 1.165) is 11.1 Å². The van der Waals surface area contributed by atoms with Gasteiger partial charge in [-0.25, -0.2) is 4.39 Å². The lowest BCUT2D eigenvalue weighted by atomic mass is 9.90. The van der Waals surface area contributed by atoms with Gasteiger partial charge in [0, 0.05) is 5.92 Å². The standard InChI is InChI=1S/C22H33FO4/c1-13(2)19(12-20(24)27-22(6,7)8)21(25)26-16(5)15(4)18-10-9-17(23)11-14(18)3/h9-11,13,15-16,19H,12H2,1-8H3/t15-,16-,19+/m1/s1. The van der Waals surface area contributed by atoms with Gasteiger partial charge in [0.25, 0.3) is 0 Å². The van der Waals surface area contributed by atoms with Crippen molar-refractivity contribution in [1.29, 1.82) is 0 Å². The molecule has 4 nitrogen and oxygen atoms in total. The summed E-state index contributed by atoms with van der Waals surface area (Å²) in [6.07, 6.45) is -0.411. The molecular formula is C22H33FO4. The van der Waals surface area contributed by atoms with Gasteiger partial charge in [-0.05, 0) is 63.8 Å². The highest BCUT2D eigenvalue weighted by Gasteiger charge is 2.31. The summed E-state index contributed by atoms with van der Waals surface area (Å²) in [5, 5.41) is 0. The summed E-state index contributed by atoms with van der Waals surface area (Å²) in [5.41, 5.74) is 1.16. The first kappa shape index (κ1) is 23.1. The Morgan fingerprint density at radius 3 is 2.19 bits per heavy atom. The highest BCUT2D eigenvalue weighted by molar-refractivity contribution is 5.80. The number of rotatable bonds is 7. The largest absolute Gasteiger partial charge is 0.462 e. The molecule has 0 bridgehead atoms. The number of benzene rings is 1. The van der Waals surface area contributed by atoms with Gasteiger partial charge in [0.1, 0.15) is 17.5 Å². The van der Waals surface area contributed by atoms with Crippen molar-refractivity contribution in [3.05, 3.63) is 35.1 Å². The van der Waals surface area contributed by atoms with Crippen LogP contribution in [0, 0.1) is 24.6 Å². The second-order valence-electron chi connectivity index (χ2n) is 8.57. The lowest BCUT2D eigenvalue weighted by Crippen LogP contribution is -2.32. The van der Waals surface area contributed by atoms with Crippen molar-refractivity contribution >= 4 is 11.9 Å². The monoisotopic (exact) mass is 380 g/mol. The zero-order chi connectivity index (χ0) is 20.9. The van der Waals surface area contributed by atoms with Crippen LogP contribution in [0.3, 0.4) is 0 Å². The van der Waals surface area contributed by atoms with Crippen LogP contribution in [0.2, 0.25) is 0 Å². The number of esters is 2. The van der Waals surface area contributed by atoms with Crippen molar-refractivity contribution in [2.45, 2.75) is 79.4 Å². The van der Waals surface area contributed by atoms with Gasteiger partial charge in [0.2, 0.25) is 0 Å². The molecule has 0 saturated heterocycles. The molecule has 3 atom stereocenters. The van der Waals surface area contributed by atoms with Crippen LogP contribution >= 0.6 is 0 Å². The molecule has 0 spiro atoms. The van der Waals surface area contributed by atoms with Crippen LogP contribution < -0.4 is 0 Å². The summed E-state index contributed by atoms with van der Waals surface area (Å²) in [5.74, 6) is -1.82. The lowest BCUT2D eigenvalue weighted by Gasteiger charge is -2.27. The molecule has 0 amide bonds. The van der Waals surface area contributed by atoms with Crippen LogP contribution in [-0.2, 0) is 19.1 Å². The van der Waals surface area contributed by atoms with Crippen LogP contribution in [-0.4, -0.2) is 23.6 Å². The summed E-state index contributed by atoms with van der Waals surface area (Å²) >= 11 is 0. The topological polar surface area (TPSA) is 52.6 Å². The van der Waals surface area contributed by atoms with E-state index in [1.165, 1.54) is 12.1 Å². The minimum absolute atomic E-state index is 0.00948. The minimum Gasteiger partial charge on any atom is -0.462 e. The molecule has 0 aliphatic carbocycles. The second-order valence-corrected chi connectivity index (χ2v) is 8.57. The zero-order valence-corrected chi connectivity index (χ0v) is 17.8. The van der Waals surface area contributed by atoms with Crippen LogP contribution in [0.25, 0.3) is 0 Å². The first-order valence-electron chi connectivity index (χ1n) is 9.50. The number of hydrogen-bond donors (Lipinski definition) is 0. The van der Waals surface area contributed by atoms with Gasteiger partial charge in [-0.2, -0.15) is 0 Å². The molecule has 152 valence electrons. The second kappa shape index (κ2) is 9.34. The smallest absolute Gasteiger partial charge is 0.310 e. The molecule has 0 aromatic heterocycles. The molecule has 1 aromatic rings. The van der Waals surface area contributed by atoms with Crippen molar-refractivity contribution < 1.29 is 23.5 Å². The summed E-state index contributed by atoms with van der Waals surface area (Å²) in [7, 11) is 0. The van der Waals surface area contributed by atoms with E-state index in [-0.39, 0.29) is 24.1 Å². The first-order chi connectivity index (χ1) is 12.3. The number of halogens is 1. The van der Waals surface area contributed by atoms with E-state index in [0.29, 0.717) is 0 Å². The Hall–Kier alpha value is -1.91. The lowest BCUT2D eigenvalue weighted by molar-refractivity contribution is -0.165. The van der Waals surface area contributed by atoms with Crippen molar-refractivity contribution in [3.8, 4) is 0 Å². The molecule has 0 fully saturated rings. The van der Waals surface area contributed by atoms with E-state index >= 15 is 0 Å². The van der Waals surface area contributed by atoms with Crippen LogP contribution in [0.4, 0.5) is 4.39 Å². The quantitative estimate of drug-likeness (QED) is 0.612. The van der Waals surface area contributed by atoms with Gasteiger partial charge in [0.15, 0.2) is 0 Å². The predicted molar refractivity (Wildman–Crippen MR) is 104 cm³/mol. The van der Waals surface area contributed by atoms with Crippen LogP contribution in [0.1, 0.15) is 71.9 Å². The molecule has 5 heteroatoms. The fourth-order valence-corrected chi connectivity index (χ4v) is 2.93. The van der Waals surface area contributed by atoms with Crippen molar-refractivity contribution in [2.24, 2.45) is 11.8 Å². The van der Waals surface area contributed by atoms with Gasteiger partial charge in [-0.15, -0.1) is 0 Å². The molecule has 0 aliphatic rings. The van der Waals surface area contributed by atoms with Crippen LogP contribution in [0.15, 0.2) is 18.2 Å². The maximum absolute atomic E-state index is 13.3. The Morgan fingerprint density at radius 2 is 1.70 bits per heavy atom. The Labute approximate surface area is 162 Å². The van der Waals surface area contributed by atoms with E-state index in [1.54, 1.807) is 26.8 Å². The maximum atomic E-state index is 13.3. The third kappa shape index (κ3) is 7.31. The number of ether oxygens (including phenoxy) is 2. The summed E-state index contributed by atoms with van der Waals surface area (Å²) in [6.45, 7) is 14.7. The molecule has 0 radical (unpaired) electrons. The first-order valence-corrected chi connectivity index (χ1v) is 9.50. The van der Waals surface area contributed by atoms with E-state index in [1.807, 2.05) is 34.6 Å². The van der Waals surface area contributed by atoms with Crippen molar-refractivity contribution in [3.63, 3.8) is 0 Å². The van der Waals surface area contributed by atoms with E-state index in [2.05, 4.69) is 0 Å². The minimum atomic E-state index is -0.593. The van der Waals surface area contributed by atoms with Gasteiger partial charge >= 0.3 is 11.9 Å². The summed E-state index contributed by atoms with van der Waals surface area (Å²) in [6, 6.07) is 4.60. The van der Waals surface area contributed by atoms with Crippen LogP contribution in [0.5, 0.6) is 0 Å². The Morgan fingerprint density at radius 1 is 1.11 bits per heavy atom. The zero-order valence-electron chi connectivity index (χ0n) is 17.8.